The van der Waals surface area contributed by atoms with Gasteiger partial charge < -0.3 is 29.2 Å². The molecule has 0 atom stereocenters. The van der Waals surface area contributed by atoms with Crippen molar-refractivity contribution in [2.45, 2.75) is 32.6 Å². The highest BCUT2D eigenvalue weighted by molar-refractivity contribution is 5.88. The van der Waals surface area contributed by atoms with E-state index in [9.17, 15) is 9.59 Å². The Hall–Kier alpha value is -4.84. The molecule has 0 bridgehead atoms. The van der Waals surface area contributed by atoms with E-state index in [4.69, 9.17) is 29.2 Å². The van der Waals surface area contributed by atoms with Crippen molar-refractivity contribution in [1.29, 1.82) is 0 Å². The Balaban J connectivity index is 1.68. The van der Waals surface area contributed by atoms with Gasteiger partial charge in [0.15, 0.2) is 0 Å². The van der Waals surface area contributed by atoms with Crippen molar-refractivity contribution in [2.75, 3.05) is 39.6 Å². The van der Waals surface area contributed by atoms with Gasteiger partial charge in [-0.05, 0) is 53.8 Å². The lowest BCUT2D eigenvalue weighted by atomic mass is 10.0. The molecule has 0 aromatic heterocycles. The SMILES string of the molecule is C=C(CO)C(=O)OCCOc1cc(C#Cc2ccc(-c3ccc(CCCCC)cc3)cc2)cc(OCCOC(=O)C(=C)CO)c1. The van der Waals surface area contributed by atoms with Gasteiger partial charge in [-0.15, -0.1) is 0 Å². The lowest BCUT2D eigenvalue weighted by Crippen LogP contribution is -2.15. The van der Waals surface area contributed by atoms with Crippen LogP contribution in [0.4, 0.5) is 0 Å². The molecular formula is C37H40O8. The molecule has 0 aliphatic heterocycles. The Morgan fingerprint density at radius 1 is 0.667 bits per heavy atom. The zero-order valence-corrected chi connectivity index (χ0v) is 25.7. The molecule has 0 aliphatic carbocycles. The predicted octanol–water partition coefficient (Wildman–Crippen LogP) is 5.43. The highest BCUT2D eigenvalue weighted by Gasteiger charge is 2.09. The minimum atomic E-state index is -0.700. The number of benzene rings is 3. The van der Waals surface area contributed by atoms with Gasteiger partial charge >= 0.3 is 11.9 Å². The number of aliphatic hydroxyl groups is 2. The Labute approximate surface area is 264 Å². The third-order valence-electron chi connectivity index (χ3n) is 6.60. The molecule has 0 unspecified atom stereocenters. The van der Waals surface area contributed by atoms with Gasteiger partial charge in [-0.1, -0.05) is 81.2 Å². The molecule has 3 aromatic carbocycles. The van der Waals surface area contributed by atoms with E-state index in [1.165, 1.54) is 24.8 Å². The minimum Gasteiger partial charge on any atom is -0.490 e. The maximum Gasteiger partial charge on any atom is 0.335 e. The summed E-state index contributed by atoms with van der Waals surface area (Å²) in [5.41, 5.74) is 4.96. The van der Waals surface area contributed by atoms with E-state index in [1.807, 2.05) is 24.3 Å². The van der Waals surface area contributed by atoms with Crippen molar-refractivity contribution < 1.29 is 38.7 Å². The molecule has 8 nitrogen and oxygen atoms in total. The maximum absolute atomic E-state index is 11.7. The van der Waals surface area contributed by atoms with Crippen LogP contribution < -0.4 is 9.47 Å². The van der Waals surface area contributed by atoms with Gasteiger partial charge in [0.25, 0.3) is 0 Å². The quantitative estimate of drug-likeness (QED) is 0.0899. The number of hydrogen-bond donors (Lipinski definition) is 2. The van der Waals surface area contributed by atoms with Crippen molar-refractivity contribution in [3.63, 3.8) is 0 Å². The maximum atomic E-state index is 11.7. The summed E-state index contributed by atoms with van der Waals surface area (Å²) in [6.45, 7) is 8.08. The molecule has 0 aliphatic rings. The van der Waals surface area contributed by atoms with Gasteiger partial charge in [0.2, 0.25) is 0 Å². The second kappa shape index (κ2) is 18.7. The first-order valence-electron chi connectivity index (χ1n) is 14.9. The van der Waals surface area contributed by atoms with E-state index in [2.05, 4.69) is 56.2 Å². The zero-order chi connectivity index (χ0) is 32.4. The third kappa shape index (κ3) is 12.0. The van der Waals surface area contributed by atoms with Crippen LogP contribution in [0.15, 0.2) is 91.0 Å². The average molecular weight is 613 g/mol. The number of aliphatic hydroxyl groups excluding tert-OH is 2. The van der Waals surface area contributed by atoms with Crippen molar-refractivity contribution >= 4 is 11.9 Å². The first kappa shape index (κ1) is 34.6. The van der Waals surface area contributed by atoms with Crippen molar-refractivity contribution in [1.82, 2.24) is 0 Å². The van der Waals surface area contributed by atoms with E-state index < -0.39 is 25.2 Å². The molecule has 0 saturated carbocycles. The Morgan fingerprint density at radius 2 is 1.16 bits per heavy atom. The number of ether oxygens (including phenoxy) is 4. The second-order valence-corrected chi connectivity index (χ2v) is 10.2. The summed E-state index contributed by atoms with van der Waals surface area (Å²) < 4.78 is 21.6. The summed E-state index contributed by atoms with van der Waals surface area (Å²) in [5, 5.41) is 18.0. The van der Waals surface area contributed by atoms with Crippen LogP contribution in [0, 0.1) is 11.8 Å². The molecule has 0 fully saturated rings. The van der Waals surface area contributed by atoms with Crippen LogP contribution in [0.3, 0.4) is 0 Å². The first-order chi connectivity index (χ1) is 21.8. The molecule has 3 rings (SSSR count). The molecule has 2 N–H and O–H groups in total. The summed E-state index contributed by atoms with van der Waals surface area (Å²) in [6, 6.07) is 21.8. The number of carbonyl (C=O) groups is 2. The molecule has 0 spiro atoms. The van der Waals surface area contributed by atoms with E-state index in [0.717, 1.165) is 23.1 Å². The standard InChI is InChI=1S/C37H40O8/c1-4-5-6-7-29-10-14-32(15-11-29)33-16-12-30(13-17-33)8-9-31-22-34(42-18-20-44-36(40)27(2)25-38)24-35(23-31)43-19-21-45-37(41)28(3)26-39/h10-17,22-24,38-39H,2-7,18-21,25-26H2,1H3. The van der Waals surface area contributed by atoms with Gasteiger partial charge in [0, 0.05) is 17.2 Å². The van der Waals surface area contributed by atoms with Gasteiger partial charge in [0.05, 0.1) is 24.4 Å². The molecule has 3 aromatic rings. The summed E-state index contributed by atoms with van der Waals surface area (Å²) in [5.74, 6) is 5.75. The number of esters is 2. The molecule has 8 heteroatoms. The van der Waals surface area contributed by atoms with E-state index in [1.54, 1.807) is 18.2 Å². The Bertz CT molecular complexity index is 1440. The smallest absolute Gasteiger partial charge is 0.335 e. The predicted molar refractivity (Wildman–Crippen MR) is 173 cm³/mol. The van der Waals surface area contributed by atoms with Crippen LogP contribution >= 0.6 is 0 Å². The van der Waals surface area contributed by atoms with E-state index in [0.29, 0.717) is 17.1 Å². The number of rotatable bonds is 17. The summed E-state index contributed by atoms with van der Waals surface area (Å²) in [4.78, 5) is 23.4. The molecule has 236 valence electrons. The van der Waals surface area contributed by atoms with Crippen LogP contribution in [0.5, 0.6) is 11.5 Å². The monoisotopic (exact) mass is 612 g/mol. The number of hydrogen-bond acceptors (Lipinski definition) is 8. The van der Waals surface area contributed by atoms with E-state index in [-0.39, 0.29) is 37.6 Å². The molecule has 0 radical (unpaired) electrons. The lowest BCUT2D eigenvalue weighted by Gasteiger charge is -2.12. The van der Waals surface area contributed by atoms with Crippen LogP contribution in [0.1, 0.15) is 42.9 Å². The molecule has 0 heterocycles. The van der Waals surface area contributed by atoms with Gasteiger partial charge in [-0.2, -0.15) is 0 Å². The Kier molecular flexibility index (Phi) is 14.4. The lowest BCUT2D eigenvalue weighted by molar-refractivity contribution is -0.141. The zero-order valence-electron chi connectivity index (χ0n) is 25.7. The molecular weight excluding hydrogens is 572 g/mol. The fraction of sp³-hybridized carbons (Fsp3) is 0.297. The van der Waals surface area contributed by atoms with Gasteiger partial charge in [0.1, 0.15) is 37.9 Å². The summed E-state index contributed by atoms with van der Waals surface area (Å²) >= 11 is 0. The molecule has 0 amide bonds. The fourth-order valence-corrected chi connectivity index (χ4v) is 4.06. The van der Waals surface area contributed by atoms with Crippen molar-refractivity contribution in [3.05, 3.63) is 108 Å². The fourth-order valence-electron chi connectivity index (χ4n) is 4.06. The molecule has 45 heavy (non-hydrogen) atoms. The van der Waals surface area contributed by atoms with Crippen LogP contribution in [0.2, 0.25) is 0 Å². The summed E-state index contributed by atoms with van der Waals surface area (Å²) in [6.07, 6.45) is 4.77. The van der Waals surface area contributed by atoms with Gasteiger partial charge in [-0.25, -0.2) is 9.59 Å². The van der Waals surface area contributed by atoms with Crippen molar-refractivity contribution in [2.24, 2.45) is 0 Å². The Morgan fingerprint density at radius 3 is 1.64 bits per heavy atom. The highest BCUT2D eigenvalue weighted by Crippen LogP contribution is 2.24. The second-order valence-electron chi connectivity index (χ2n) is 10.2. The third-order valence-corrected chi connectivity index (χ3v) is 6.60. The van der Waals surface area contributed by atoms with Crippen LogP contribution in [-0.2, 0) is 25.5 Å². The first-order valence-corrected chi connectivity index (χ1v) is 14.9. The van der Waals surface area contributed by atoms with Crippen LogP contribution in [-0.4, -0.2) is 61.8 Å². The summed E-state index contributed by atoms with van der Waals surface area (Å²) in [7, 11) is 0. The van der Waals surface area contributed by atoms with Crippen LogP contribution in [0.25, 0.3) is 11.1 Å². The minimum absolute atomic E-state index is 0.0445. The normalized spacial score (nSPS) is 10.3. The average Bonchev–Trinajstić information content (AvgIpc) is 3.07. The topological polar surface area (TPSA) is 112 Å². The highest BCUT2D eigenvalue weighted by atomic mass is 16.6. The number of carbonyl (C=O) groups excluding carboxylic acids is 2. The largest absolute Gasteiger partial charge is 0.490 e. The number of aryl methyl sites for hydroxylation is 1. The number of unbranched alkanes of at least 4 members (excludes halogenated alkanes) is 2. The molecule has 0 saturated heterocycles. The van der Waals surface area contributed by atoms with E-state index >= 15 is 0 Å². The van der Waals surface area contributed by atoms with Gasteiger partial charge in [-0.3, -0.25) is 0 Å². The van der Waals surface area contributed by atoms with Crippen molar-refractivity contribution in [3.8, 4) is 34.5 Å².